The number of rotatable bonds is 6. The molecule has 1 saturated heterocycles. The number of amides is 1. The van der Waals surface area contributed by atoms with Crippen LogP contribution in [0.2, 0.25) is 0 Å². The van der Waals surface area contributed by atoms with Crippen molar-refractivity contribution >= 4 is 11.9 Å². The Morgan fingerprint density at radius 2 is 1.67 bits per heavy atom. The SMILES string of the molecule is COc1ccc(C(=O)OCCN2CCN(C(=O)C(F)(F)F)CC2)cc1OC. The molecule has 0 atom stereocenters. The molecule has 7 nitrogen and oxygen atoms in total. The van der Waals surface area contributed by atoms with Crippen LogP contribution in [0.15, 0.2) is 18.2 Å². The molecule has 1 amide bonds. The van der Waals surface area contributed by atoms with Crippen molar-refractivity contribution in [2.45, 2.75) is 6.18 Å². The summed E-state index contributed by atoms with van der Waals surface area (Å²) in [6.45, 7) is 1.00. The van der Waals surface area contributed by atoms with E-state index < -0.39 is 18.1 Å². The average molecular weight is 390 g/mol. The molecule has 0 bridgehead atoms. The predicted molar refractivity (Wildman–Crippen MR) is 88.9 cm³/mol. The van der Waals surface area contributed by atoms with Crippen LogP contribution in [0.4, 0.5) is 13.2 Å². The maximum absolute atomic E-state index is 12.4. The van der Waals surface area contributed by atoms with E-state index in [0.717, 1.165) is 4.90 Å². The predicted octanol–water partition coefficient (Wildman–Crippen LogP) is 1.57. The van der Waals surface area contributed by atoms with E-state index in [1.165, 1.54) is 20.3 Å². The number of halogens is 3. The Bertz CT molecular complexity index is 673. The van der Waals surface area contributed by atoms with Gasteiger partial charge in [0.1, 0.15) is 6.61 Å². The number of carbonyl (C=O) groups is 2. The number of benzene rings is 1. The molecule has 1 aliphatic rings. The lowest BCUT2D eigenvalue weighted by atomic mass is 10.2. The monoisotopic (exact) mass is 390 g/mol. The standard InChI is InChI=1S/C17H21F3N2O5/c1-25-13-4-3-12(11-14(13)26-2)15(23)27-10-9-21-5-7-22(8-6-21)16(24)17(18,19)20/h3-4,11H,5-10H2,1-2H3. The van der Waals surface area contributed by atoms with Crippen LogP contribution in [0.25, 0.3) is 0 Å². The molecule has 1 fully saturated rings. The van der Waals surface area contributed by atoms with Gasteiger partial charge in [0, 0.05) is 32.7 Å². The summed E-state index contributed by atoms with van der Waals surface area (Å²) >= 11 is 0. The smallest absolute Gasteiger partial charge is 0.471 e. The summed E-state index contributed by atoms with van der Waals surface area (Å²) in [5.74, 6) is -1.47. The molecular weight excluding hydrogens is 369 g/mol. The summed E-state index contributed by atoms with van der Waals surface area (Å²) in [5, 5.41) is 0. The molecule has 2 rings (SSSR count). The number of alkyl halides is 3. The zero-order chi connectivity index (χ0) is 20.0. The van der Waals surface area contributed by atoms with Gasteiger partial charge in [-0.1, -0.05) is 0 Å². The number of esters is 1. The van der Waals surface area contributed by atoms with Crippen LogP contribution >= 0.6 is 0 Å². The highest BCUT2D eigenvalue weighted by Crippen LogP contribution is 2.27. The largest absolute Gasteiger partial charge is 0.493 e. The molecular formula is C17H21F3N2O5. The summed E-state index contributed by atoms with van der Waals surface area (Å²) in [7, 11) is 2.94. The highest BCUT2D eigenvalue weighted by molar-refractivity contribution is 5.90. The van der Waals surface area contributed by atoms with Crippen LogP contribution in [0.3, 0.4) is 0 Å². The number of piperazine rings is 1. The Kier molecular flexibility index (Phi) is 6.89. The molecule has 10 heteroatoms. The summed E-state index contributed by atoms with van der Waals surface area (Å²) in [4.78, 5) is 25.9. The van der Waals surface area contributed by atoms with Crippen LogP contribution in [0.5, 0.6) is 11.5 Å². The number of hydrogen-bond donors (Lipinski definition) is 0. The van der Waals surface area contributed by atoms with Gasteiger partial charge >= 0.3 is 18.1 Å². The van der Waals surface area contributed by atoms with Crippen molar-refractivity contribution in [3.63, 3.8) is 0 Å². The second-order valence-electron chi connectivity index (χ2n) is 5.84. The van der Waals surface area contributed by atoms with E-state index in [4.69, 9.17) is 14.2 Å². The molecule has 0 saturated carbocycles. The van der Waals surface area contributed by atoms with E-state index in [-0.39, 0.29) is 32.8 Å². The fourth-order valence-electron chi connectivity index (χ4n) is 2.67. The maximum atomic E-state index is 12.4. The van der Waals surface area contributed by atoms with Crippen LogP contribution in [0.1, 0.15) is 10.4 Å². The first-order valence-electron chi connectivity index (χ1n) is 8.24. The van der Waals surface area contributed by atoms with E-state index >= 15 is 0 Å². The molecule has 0 aliphatic carbocycles. The maximum Gasteiger partial charge on any atom is 0.471 e. The first-order valence-corrected chi connectivity index (χ1v) is 8.24. The van der Waals surface area contributed by atoms with Crippen molar-refractivity contribution in [2.24, 2.45) is 0 Å². The average Bonchev–Trinajstić information content (AvgIpc) is 2.66. The molecule has 27 heavy (non-hydrogen) atoms. The van der Waals surface area contributed by atoms with Crippen LogP contribution < -0.4 is 9.47 Å². The summed E-state index contributed by atoms with van der Waals surface area (Å²) < 4.78 is 52.6. The molecule has 0 N–H and O–H groups in total. The highest BCUT2D eigenvalue weighted by Gasteiger charge is 2.43. The quantitative estimate of drug-likeness (QED) is 0.687. The number of methoxy groups -OCH3 is 2. The van der Waals surface area contributed by atoms with Gasteiger partial charge in [0.2, 0.25) is 0 Å². The topological polar surface area (TPSA) is 68.3 Å². The first-order chi connectivity index (χ1) is 12.8. The van der Waals surface area contributed by atoms with Gasteiger partial charge in [0.05, 0.1) is 19.8 Å². The fraction of sp³-hybridized carbons (Fsp3) is 0.529. The van der Waals surface area contributed by atoms with Crippen LogP contribution in [-0.4, -0.2) is 81.4 Å². The van der Waals surface area contributed by atoms with Gasteiger partial charge < -0.3 is 19.1 Å². The van der Waals surface area contributed by atoms with Crippen molar-refractivity contribution in [2.75, 3.05) is 53.6 Å². The Hall–Kier alpha value is -2.49. The van der Waals surface area contributed by atoms with E-state index in [2.05, 4.69) is 0 Å². The summed E-state index contributed by atoms with van der Waals surface area (Å²) in [6.07, 6.45) is -4.85. The highest BCUT2D eigenvalue weighted by atomic mass is 19.4. The van der Waals surface area contributed by atoms with Gasteiger partial charge in [-0.15, -0.1) is 0 Å². The lowest BCUT2D eigenvalue weighted by molar-refractivity contribution is -0.187. The van der Waals surface area contributed by atoms with E-state index in [9.17, 15) is 22.8 Å². The van der Waals surface area contributed by atoms with Gasteiger partial charge in [-0.3, -0.25) is 9.69 Å². The lowest BCUT2D eigenvalue weighted by Gasteiger charge is -2.34. The van der Waals surface area contributed by atoms with Crippen molar-refractivity contribution < 1.29 is 37.0 Å². The first kappa shape index (κ1) is 20.8. The lowest BCUT2D eigenvalue weighted by Crippen LogP contribution is -2.52. The second kappa shape index (κ2) is 8.94. The number of hydrogen-bond acceptors (Lipinski definition) is 6. The van der Waals surface area contributed by atoms with Gasteiger partial charge in [-0.25, -0.2) is 4.79 Å². The third kappa shape index (κ3) is 5.49. The number of nitrogens with zero attached hydrogens (tertiary/aromatic N) is 2. The Labute approximate surface area is 154 Å². The minimum Gasteiger partial charge on any atom is -0.493 e. The molecule has 1 aromatic rings. The van der Waals surface area contributed by atoms with E-state index in [0.29, 0.717) is 23.6 Å². The molecule has 0 aromatic heterocycles. The van der Waals surface area contributed by atoms with Gasteiger partial charge in [0.15, 0.2) is 11.5 Å². The Balaban J connectivity index is 1.77. The molecule has 0 radical (unpaired) electrons. The van der Waals surface area contributed by atoms with Crippen molar-refractivity contribution in [3.05, 3.63) is 23.8 Å². The third-order valence-electron chi connectivity index (χ3n) is 4.16. The van der Waals surface area contributed by atoms with Crippen LogP contribution in [0, 0.1) is 0 Å². The molecule has 0 spiro atoms. The van der Waals surface area contributed by atoms with Crippen molar-refractivity contribution in [1.29, 1.82) is 0 Å². The van der Waals surface area contributed by atoms with E-state index in [1.807, 2.05) is 4.90 Å². The molecule has 150 valence electrons. The summed E-state index contributed by atoms with van der Waals surface area (Å²) in [6, 6.07) is 4.64. The minimum atomic E-state index is -4.85. The normalized spacial score (nSPS) is 15.4. The zero-order valence-corrected chi connectivity index (χ0v) is 15.0. The molecule has 0 unspecified atom stereocenters. The number of ether oxygens (including phenoxy) is 3. The molecule has 1 heterocycles. The van der Waals surface area contributed by atoms with E-state index in [1.54, 1.807) is 12.1 Å². The van der Waals surface area contributed by atoms with Gasteiger partial charge in [-0.05, 0) is 18.2 Å². The molecule has 1 aliphatic heterocycles. The Morgan fingerprint density at radius 3 is 2.22 bits per heavy atom. The number of carbonyl (C=O) groups excluding carboxylic acids is 2. The van der Waals surface area contributed by atoms with Crippen molar-refractivity contribution in [3.8, 4) is 11.5 Å². The van der Waals surface area contributed by atoms with Crippen LogP contribution in [-0.2, 0) is 9.53 Å². The van der Waals surface area contributed by atoms with Gasteiger partial charge in [-0.2, -0.15) is 13.2 Å². The fourth-order valence-corrected chi connectivity index (χ4v) is 2.67. The van der Waals surface area contributed by atoms with Crippen molar-refractivity contribution in [1.82, 2.24) is 9.80 Å². The molecule has 1 aromatic carbocycles. The second-order valence-corrected chi connectivity index (χ2v) is 5.84. The third-order valence-corrected chi connectivity index (χ3v) is 4.16. The minimum absolute atomic E-state index is 0.0119. The zero-order valence-electron chi connectivity index (χ0n) is 15.0. The van der Waals surface area contributed by atoms with Gasteiger partial charge in [0.25, 0.3) is 0 Å². The summed E-state index contributed by atoms with van der Waals surface area (Å²) in [5.41, 5.74) is 0.299. The Morgan fingerprint density at radius 1 is 1.04 bits per heavy atom.